The lowest BCUT2D eigenvalue weighted by Crippen LogP contribution is -1.93. The molecule has 0 saturated heterocycles. The Morgan fingerprint density at radius 1 is 1.17 bits per heavy atom. The van der Waals surface area contributed by atoms with Gasteiger partial charge in [-0.15, -0.1) is 0 Å². The van der Waals surface area contributed by atoms with E-state index in [-0.39, 0.29) is 6.15 Å². The quantitative estimate of drug-likeness (QED) is 0.678. The van der Waals surface area contributed by atoms with Crippen LogP contribution in [0.3, 0.4) is 0 Å². The Labute approximate surface area is 72.6 Å². The van der Waals surface area contributed by atoms with Crippen molar-refractivity contribution >= 4 is 5.97 Å². The number of carboxylic acid groups (broad SMARTS) is 1. The first-order valence-electron chi connectivity index (χ1n) is 3.59. The molecule has 3 nitrogen and oxygen atoms in total. The minimum Gasteiger partial charge on any atom is -0.478 e. The van der Waals surface area contributed by atoms with Crippen molar-refractivity contribution in [2.24, 2.45) is 0 Å². The van der Waals surface area contributed by atoms with Gasteiger partial charge in [-0.05, 0) is 12.1 Å². The van der Waals surface area contributed by atoms with Crippen LogP contribution in [-0.4, -0.2) is 11.1 Å². The Morgan fingerprint density at radius 2 is 1.58 bits per heavy atom. The molecule has 68 valence electrons. The van der Waals surface area contributed by atoms with Crippen molar-refractivity contribution in [1.82, 2.24) is 6.15 Å². The van der Waals surface area contributed by atoms with Crippen molar-refractivity contribution in [1.29, 1.82) is 0 Å². The van der Waals surface area contributed by atoms with Gasteiger partial charge < -0.3 is 11.3 Å². The van der Waals surface area contributed by atoms with Crippen LogP contribution in [0.15, 0.2) is 30.3 Å². The molecule has 0 aliphatic heterocycles. The third-order valence-corrected chi connectivity index (χ3v) is 1.02. The highest BCUT2D eigenvalue weighted by atomic mass is 16.4. The molecule has 12 heavy (non-hydrogen) atoms. The molecule has 1 aromatic carbocycles. The molecule has 0 aliphatic rings. The summed E-state index contributed by atoms with van der Waals surface area (Å²) in [5.41, 5.74) is 0.331. The molecule has 0 aliphatic carbocycles. The van der Waals surface area contributed by atoms with Crippen LogP contribution < -0.4 is 6.15 Å². The van der Waals surface area contributed by atoms with Crippen LogP contribution in [0.25, 0.3) is 0 Å². The first kappa shape index (κ1) is 13.3. The van der Waals surface area contributed by atoms with Gasteiger partial charge in [-0.25, -0.2) is 4.79 Å². The number of carboxylic acids is 1. The van der Waals surface area contributed by atoms with E-state index in [4.69, 9.17) is 5.11 Å². The van der Waals surface area contributed by atoms with E-state index >= 15 is 0 Å². The van der Waals surface area contributed by atoms with Gasteiger partial charge >= 0.3 is 5.97 Å². The molecule has 3 heteroatoms. The maximum atomic E-state index is 10.2. The van der Waals surface area contributed by atoms with Gasteiger partial charge in [0.2, 0.25) is 0 Å². The summed E-state index contributed by atoms with van der Waals surface area (Å²) in [5.74, 6) is -0.879. The van der Waals surface area contributed by atoms with Crippen LogP contribution in [0.4, 0.5) is 0 Å². The van der Waals surface area contributed by atoms with E-state index in [9.17, 15) is 4.79 Å². The SMILES string of the molecule is CC.N.O=C(O)c1ccccc1. The second kappa shape index (κ2) is 7.75. The molecular weight excluding hydrogens is 154 g/mol. The van der Waals surface area contributed by atoms with E-state index in [2.05, 4.69) is 0 Å². The Morgan fingerprint density at radius 3 is 1.83 bits per heavy atom. The summed E-state index contributed by atoms with van der Waals surface area (Å²) in [5, 5.41) is 8.38. The lowest BCUT2D eigenvalue weighted by Gasteiger charge is -1.88. The van der Waals surface area contributed by atoms with Crippen LogP contribution in [0, 0.1) is 0 Å². The van der Waals surface area contributed by atoms with Crippen LogP contribution >= 0.6 is 0 Å². The van der Waals surface area contributed by atoms with Gasteiger partial charge in [-0.1, -0.05) is 32.0 Å². The molecule has 0 radical (unpaired) electrons. The summed E-state index contributed by atoms with van der Waals surface area (Å²) in [6.07, 6.45) is 0. The van der Waals surface area contributed by atoms with Crippen molar-refractivity contribution in [3.8, 4) is 0 Å². The van der Waals surface area contributed by atoms with Gasteiger partial charge in [0.05, 0.1) is 5.56 Å². The van der Waals surface area contributed by atoms with Crippen molar-refractivity contribution in [2.45, 2.75) is 13.8 Å². The van der Waals surface area contributed by atoms with Gasteiger partial charge in [-0.3, -0.25) is 0 Å². The number of aromatic carboxylic acids is 1. The largest absolute Gasteiger partial charge is 0.478 e. The zero-order valence-electron chi connectivity index (χ0n) is 7.45. The van der Waals surface area contributed by atoms with E-state index in [0.29, 0.717) is 5.56 Å². The summed E-state index contributed by atoms with van der Waals surface area (Å²) in [7, 11) is 0. The fourth-order valence-corrected chi connectivity index (χ4v) is 0.581. The fraction of sp³-hybridized carbons (Fsp3) is 0.222. The monoisotopic (exact) mass is 169 g/mol. The predicted octanol–water partition coefficient (Wildman–Crippen LogP) is 2.57. The number of hydrogen-bond acceptors (Lipinski definition) is 2. The number of benzene rings is 1. The van der Waals surface area contributed by atoms with Crippen molar-refractivity contribution in [3.05, 3.63) is 35.9 Å². The lowest BCUT2D eigenvalue weighted by molar-refractivity contribution is 0.0697. The molecule has 0 bridgehead atoms. The van der Waals surface area contributed by atoms with Gasteiger partial charge in [0.1, 0.15) is 0 Å². The third-order valence-electron chi connectivity index (χ3n) is 1.02. The first-order valence-corrected chi connectivity index (χ1v) is 3.59. The number of hydrogen-bond donors (Lipinski definition) is 2. The van der Waals surface area contributed by atoms with E-state index in [1.807, 2.05) is 13.8 Å². The van der Waals surface area contributed by atoms with Crippen molar-refractivity contribution in [2.75, 3.05) is 0 Å². The first-order chi connectivity index (χ1) is 5.30. The van der Waals surface area contributed by atoms with Gasteiger partial charge in [0.25, 0.3) is 0 Å². The normalized spacial score (nSPS) is 7.17. The molecule has 4 N–H and O–H groups in total. The maximum Gasteiger partial charge on any atom is 0.335 e. The Balaban J connectivity index is 0. The van der Waals surface area contributed by atoms with E-state index < -0.39 is 5.97 Å². The molecular formula is C9H15NO2. The topological polar surface area (TPSA) is 72.3 Å². The highest BCUT2D eigenvalue weighted by Gasteiger charge is 1.96. The average molecular weight is 169 g/mol. The molecule has 0 amide bonds. The zero-order chi connectivity index (χ0) is 8.69. The van der Waals surface area contributed by atoms with Crippen LogP contribution in [-0.2, 0) is 0 Å². The smallest absolute Gasteiger partial charge is 0.335 e. The maximum absolute atomic E-state index is 10.2. The van der Waals surface area contributed by atoms with Crippen LogP contribution in [0.2, 0.25) is 0 Å². The van der Waals surface area contributed by atoms with Crippen LogP contribution in [0.1, 0.15) is 24.2 Å². The zero-order valence-corrected chi connectivity index (χ0v) is 7.45. The molecule has 0 unspecified atom stereocenters. The molecule has 0 aromatic heterocycles. The molecule has 1 rings (SSSR count). The van der Waals surface area contributed by atoms with E-state index in [1.165, 1.54) is 0 Å². The van der Waals surface area contributed by atoms with Crippen molar-refractivity contribution < 1.29 is 9.90 Å². The standard InChI is InChI=1S/C7H6O2.C2H6.H3N/c8-7(9)6-4-2-1-3-5-6;1-2;/h1-5H,(H,8,9);1-2H3;1H3. The Hall–Kier alpha value is -1.35. The van der Waals surface area contributed by atoms with Gasteiger partial charge in [0.15, 0.2) is 0 Å². The molecule has 0 atom stereocenters. The third kappa shape index (κ3) is 4.46. The summed E-state index contributed by atoms with van der Waals surface area (Å²) in [6.45, 7) is 4.00. The molecule has 0 fully saturated rings. The highest BCUT2D eigenvalue weighted by Crippen LogP contribution is 1.96. The summed E-state index contributed by atoms with van der Waals surface area (Å²) in [4.78, 5) is 10.2. The van der Waals surface area contributed by atoms with Crippen LogP contribution in [0.5, 0.6) is 0 Å². The Bertz CT molecular complexity index is 209. The molecule has 0 heterocycles. The number of rotatable bonds is 1. The fourth-order valence-electron chi connectivity index (χ4n) is 0.581. The summed E-state index contributed by atoms with van der Waals surface area (Å²) < 4.78 is 0. The lowest BCUT2D eigenvalue weighted by atomic mass is 10.2. The van der Waals surface area contributed by atoms with E-state index in [1.54, 1.807) is 30.3 Å². The van der Waals surface area contributed by atoms with E-state index in [0.717, 1.165) is 0 Å². The average Bonchev–Trinajstić information content (AvgIpc) is 2.10. The molecule has 0 saturated carbocycles. The minimum atomic E-state index is -0.879. The highest BCUT2D eigenvalue weighted by molar-refractivity contribution is 5.87. The Kier molecular flexibility index (Phi) is 8.56. The second-order valence-electron chi connectivity index (χ2n) is 1.67. The van der Waals surface area contributed by atoms with Gasteiger partial charge in [0, 0.05) is 0 Å². The number of carbonyl (C=O) groups is 1. The summed E-state index contributed by atoms with van der Waals surface area (Å²) >= 11 is 0. The molecule has 0 spiro atoms. The minimum absolute atomic E-state index is 0. The summed E-state index contributed by atoms with van der Waals surface area (Å²) in [6, 6.07) is 8.30. The van der Waals surface area contributed by atoms with Crippen molar-refractivity contribution in [3.63, 3.8) is 0 Å². The molecule has 1 aromatic rings. The van der Waals surface area contributed by atoms with Gasteiger partial charge in [-0.2, -0.15) is 0 Å². The second-order valence-corrected chi connectivity index (χ2v) is 1.67. The predicted molar refractivity (Wildman–Crippen MR) is 49.8 cm³/mol.